The second-order valence-electron chi connectivity index (χ2n) is 4.49. The molecular formula is C11H20N2O2S. The zero-order valence-corrected chi connectivity index (χ0v) is 10.5. The maximum absolute atomic E-state index is 11.9. The number of rotatable bonds is 4. The van der Waals surface area contributed by atoms with Crippen molar-refractivity contribution in [3.8, 4) is 0 Å². The molecule has 2 aliphatic rings. The lowest BCUT2D eigenvalue weighted by Gasteiger charge is -2.42. The van der Waals surface area contributed by atoms with Gasteiger partial charge in [0.05, 0.1) is 12.1 Å². The first-order valence-corrected chi connectivity index (χ1v) is 7.13. The van der Waals surface area contributed by atoms with Gasteiger partial charge in [-0.05, 0) is 25.5 Å². The minimum Gasteiger partial charge on any atom is -0.376 e. The highest BCUT2D eigenvalue weighted by Gasteiger charge is 2.41. The largest absolute Gasteiger partial charge is 0.376 e. The third-order valence-electron chi connectivity index (χ3n) is 3.36. The van der Waals surface area contributed by atoms with Gasteiger partial charge in [-0.1, -0.05) is 0 Å². The monoisotopic (exact) mass is 244 g/mol. The second-order valence-corrected chi connectivity index (χ2v) is 5.64. The van der Waals surface area contributed by atoms with Gasteiger partial charge in [-0.2, -0.15) is 11.8 Å². The van der Waals surface area contributed by atoms with E-state index in [9.17, 15) is 4.79 Å². The van der Waals surface area contributed by atoms with Crippen LogP contribution in [0, 0.1) is 5.92 Å². The summed E-state index contributed by atoms with van der Waals surface area (Å²) in [4.78, 5) is 11.9. The highest BCUT2D eigenvalue weighted by molar-refractivity contribution is 7.99. The van der Waals surface area contributed by atoms with Crippen LogP contribution < -0.4 is 11.1 Å². The van der Waals surface area contributed by atoms with Crippen LogP contribution in [0.25, 0.3) is 0 Å². The predicted octanol–water partition coefficient (Wildman–Crippen LogP) is 0.360. The molecule has 4 atom stereocenters. The van der Waals surface area contributed by atoms with Gasteiger partial charge < -0.3 is 15.8 Å². The molecule has 0 aromatic carbocycles. The van der Waals surface area contributed by atoms with E-state index >= 15 is 0 Å². The Hall–Kier alpha value is -0.260. The molecule has 1 aliphatic heterocycles. The Kier molecular flexibility index (Phi) is 4.10. The van der Waals surface area contributed by atoms with Crippen molar-refractivity contribution in [3.63, 3.8) is 0 Å². The molecule has 16 heavy (non-hydrogen) atoms. The van der Waals surface area contributed by atoms with Crippen LogP contribution in [0.1, 0.15) is 19.8 Å². The Bertz CT molecular complexity index is 254. The number of hydrogen-bond donors (Lipinski definition) is 2. The van der Waals surface area contributed by atoms with Gasteiger partial charge in [0.25, 0.3) is 0 Å². The van der Waals surface area contributed by atoms with Gasteiger partial charge in [0.1, 0.15) is 0 Å². The Morgan fingerprint density at radius 1 is 1.62 bits per heavy atom. The molecule has 0 bridgehead atoms. The lowest BCUT2D eigenvalue weighted by atomic mass is 9.83. The Balaban J connectivity index is 1.80. The molecule has 0 aromatic rings. The molecule has 1 aliphatic carbocycles. The third-order valence-corrected chi connectivity index (χ3v) is 4.52. The molecule has 1 saturated heterocycles. The fraction of sp³-hybridized carbons (Fsp3) is 0.909. The number of hydrogen-bond acceptors (Lipinski definition) is 4. The van der Waals surface area contributed by atoms with Crippen molar-refractivity contribution < 1.29 is 9.53 Å². The number of carbonyl (C=O) groups excluding carboxylic acids is 1. The molecule has 5 heteroatoms. The standard InChI is InChI=1S/C11H20N2O2S/c1-2-15-9-5-8(12)10(9)13-11(14)7-3-4-16-6-7/h7-10H,2-6,12H2,1H3,(H,13,14). The van der Waals surface area contributed by atoms with Crippen LogP contribution in [0.4, 0.5) is 0 Å². The van der Waals surface area contributed by atoms with Crippen molar-refractivity contribution in [2.45, 2.75) is 38.0 Å². The molecule has 4 nitrogen and oxygen atoms in total. The van der Waals surface area contributed by atoms with Crippen LogP contribution >= 0.6 is 11.8 Å². The van der Waals surface area contributed by atoms with Crippen LogP contribution in [0.2, 0.25) is 0 Å². The molecule has 0 spiro atoms. The minimum atomic E-state index is 0.0260. The maximum Gasteiger partial charge on any atom is 0.224 e. The maximum atomic E-state index is 11.9. The first-order chi connectivity index (χ1) is 7.72. The van der Waals surface area contributed by atoms with E-state index in [1.165, 1.54) is 0 Å². The first kappa shape index (κ1) is 12.2. The zero-order chi connectivity index (χ0) is 11.5. The van der Waals surface area contributed by atoms with Crippen molar-refractivity contribution in [1.29, 1.82) is 0 Å². The third kappa shape index (κ3) is 2.52. The molecule has 2 fully saturated rings. The van der Waals surface area contributed by atoms with Crippen LogP contribution in [-0.4, -0.2) is 42.2 Å². The average molecular weight is 244 g/mol. The average Bonchev–Trinajstić information content (AvgIpc) is 2.79. The van der Waals surface area contributed by atoms with Gasteiger partial charge in [-0.3, -0.25) is 4.79 Å². The normalized spacial score (nSPS) is 38.1. The lowest BCUT2D eigenvalue weighted by molar-refractivity contribution is -0.128. The Morgan fingerprint density at radius 2 is 2.44 bits per heavy atom. The summed E-state index contributed by atoms with van der Waals surface area (Å²) in [7, 11) is 0. The molecular weight excluding hydrogens is 224 g/mol. The zero-order valence-electron chi connectivity index (χ0n) is 9.65. The smallest absolute Gasteiger partial charge is 0.224 e. The number of thioether (sulfide) groups is 1. The highest BCUT2D eigenvalue weighted by Crippen LogP contribution is 2.26. The summed E-state index contributed by atoms with van der Waals surface area (Å²) in [6.45, 7) is 2.65. The quantitative estimate of drug-likeness (QED) is 0.749. The molecule has 1 heterocycles. The SMILES string of the molecule is CCOC1CC(N)C1NC(=O)C1CCSC1. The Morgan fingerprint density at radius 3 is 3.00 bits per heavy atom. The van der Waals surface area contributed by atoms with Crippen molar-refractivity contribution in [1.82, 2.24) is 5.32 Å². The second kappa shape index (κ2) is 5.38. The van der Waals surface area contributed by atoms with Gasteiger partial charge in [0.2, 0.25) is 5.91 Å². The van der Waals surface area contributed by atoms with E-state index in [1.54, 1.807) is 0 Å². The van der Waals surface area contributed by atoms with E-state index in [-0.39, 0.29) is 30.0 Å². The van der Waals surface area contributed by atoms with Crippen LogP contribution in [0.5, 0.6) is 0 Å². The lowest BCUT2D eigenvalue weighted by Crippen LogP contribution is -2.65. The topological polar surface area (TPSA) is 64.3 Å². The number of ether oxygens (including phenoxy) is 1. The summed E-state index contributed by atoms with van der Waals surface area (Å²) in [5, 5.41) is 3.04. The molecule has 1 amide bonds. The van der Waals surface area contributed by atoms with Gasteiger partial charge in [-0.25, -0.2) is 0 Å². The van der Waals surface area contributed by atoms with Gasteiger partial charge >= 0.3 is 0 Å². The van der Waals surface area contributed by atoms with Crippen LogP contribution in [0.3, 0.4) is 0 Å². The summed E-state index contributed by atoms with van der Waals surface area (Å²) >= 11 is 1.85. The van der Waals surface area contributed by atoms with E-state index in [2.05, 4.69) is 5.32 Å². The van der Waals surface area contributed by atoms with Crippen LogP contribution in [0.15, 0.2) is 0 Å². The molecule has 4 unspecified atom stereocenters. The van der Waals surface area contributed by atoms with E-state index in [1.807, 2.05) is 18.7 Å². The van der Waals surface area contributed by atoms with E-state index in [0.717, 1.165) is 24.3 Å². The summed E-state index contributed by atoms with van der Waals surface area (Å²) in [6, 6.07) is 0.0904. The molecule has 2 rings (SSSR count). The number of nitrogens with two attached hydrogens (primary N) is 1. The molecule has 92 valence electrons. The van der Waals surface area contributed by atoms with Crippen molar-refractivity contribution in [3.05, 3.63) is 0 Å². The molecule has 3 N–H and O–H groups in total. The highest BCUT2D eigenvalue weighted by atomic mass is 32.2. The van der Waals surface area contributed by atoms with Gasteiger partial charge in [0, 0.05) is 24.3 Å². The molecule has 0 radical (unpaired) electrons. The van der Waals surface area contributed by atoms with Crippen molar-refractivity contribution in [2.24, 2.45) is 11.7 Å². The summed E-state index contributed by atoms with van der Waals surface area (Å²) in [6.07, 6.45) is 1.98. The predicted molar refractivity (Wildman–Crippen MR) is 65.4 cm³/mol. The summed E-state index contributed by atoms with van der Waals surface area (Å²) in [5.74, 6) is 2.39. The van der Waals surface area contributed by atoms with Gasteiger partial charge in [0.15, 0.2) is 0 Å². The number of amides is 1. The van der Waals surface area contributed by atoms with Crippen molar-refractivity contribution in [2.75, 3.05) is 18.1 Å². The summed E-state index contributed by atoms with van der Waals surface area (Å²) < 4.78 is 5.52. The number of carbonyl (C=O) groups is 1. The Labute approximate surface area is 101 Å². The van der Waals surface area contributed by atoms with Gasteiger partial charge in [-0.15, -0.1) is 0 Å². The number of nitrogens with one attached hydrogen (secondary N) is 1. The fourth-order valence-corrected chi connectivity index (χ4v) is 3.47. The van der Waals surface area contributed by atoms with E-state index in [0.29, 0.717) is 6.61 Å². The van der Waals surface area contributed by atoms with E-state index in [4.69, 9.17) is 10.5 Å². The van der Waals surface area contributed by atoms with Crippen LogP contribution in [-0.2, 0) is 9.53 Å². The van der Waals surface area contributed by atoms with Crippen molar-refractivity contribution >= 4 is 17.7 Å². The van der Waals surface area contributed by atoms with E-state index < -0.39 is 0 Å². The summed E-state index contributed by atoms with van der Waals surface area (Å²) in [5.41, 5.74) is 5.89. The molecule has 1 saturated carbocycles. The minimum absolute atomic E-state index is 0.0260. The fourth-order valence-electron chi connectivity index (χ4n) is 2.25. The first-order valence-electron chi connectivity index (χ1n) is 5.97. The molecule has 0 aromatic heterocycles.